The molecule has 2 aromatic rings. The molecule has 0 aliphatic heterocycles. The molecule has 0 fully saturated rings. The third kappa shape index (κ3) is 3.57. The molecule has 0 bridgehead atoms. The van der Waals surface area contributed by atoms with Gasteiger partial charge in [-0.1, -0.05) is 5.18 Å². The number of aryl methyl sites for hydroxylation is 1. The molecular formula is C21H23NO7. The maximum Gasteiger partial charge on any atom is 0.308 e. The van der Waals surface area contributed by atoms with Crippen molar-refractivity contribution in [2.24, 2.45) is 5.18 Å². The van der Waals surface area contributed by atoms with Gasteiger partial charge in [-0.05, 0) is 47.7 Å². The molecule has 1 unspecified atom stereocenters. The van der Waals surface area contributed by atoms with Gasteiger partial charge in [0.15, 0.2) is 23.0 Å². The largest absolute Gasteiger partial charge is 0.493 e. The first kappa shape index (κ1) is 20.4. The molecule has 1 aliphatic rings. The number of benzene rings is 2. The van der Waals surface area contributed by atoms with Gasteiger partial charge in [0, 0.05) is 12.5 Å². The van der Waals surface area contributed by atoms with Crippen LogP contribution in [-0.2, 0) is 11.2 Å². The number of hydrogen-bond acceptors (Lipinski definition) is 8. The molecule has 0 saturated carbocycles. The van der Waals surface area contributed by atoms with Crippen molar-refractivity contribution in [3.8, 4) is 39.9 Å². The molecule has 0 spiro atoms. The van der Waals surface area contributed by atoms with Crippen molar-refractivity contribution in [1.82, 2.24) is 0 Å². The van der Waals surface area contributed by atoms with Crippen molar-refractivity contribution < 1.29 is 28.5 Å². The van der Waals surface area contributed by atoms with Gasteiger partial charge in [0.25, 0.3) is 0 Å². The fourth-order valence-electron chi connectivity index (χ4n) is 3.72. The van der Waals surface area contributed by atoms with Gasteiger partial charge in [-0.25, -0.2) is 0 Å². The number of fused-ring (bicyclic) bond motifs is 3. The van der Waals surface area contributed by atoms with Crippen LogP contribution in [0.25, 0.3) is 11.1 Å². The summed E-state index contributed by atoms with van der Waals surface area (Å²) in [6, 6.07) is 4.61. The Labute approximate surface area is 168 Å². The van der Waals surface area contributed by atoms with Crippen LogP contribution in [0.1, 0.15) is 30.5 Å². The van der Waals surface area contributed by atoms with E-state index in [1.165, 1.54) is 21.1 Å². The predicted molar refractivity (Wildman–Crippen MR) is 106 cm³/mol. The summed E-state index contributed by atoms with van der Waals surface area (Å²) >= 11 is 0. The van der Waals surface area contributed by atoms with E-state index in [0.29, 0.717) is 47.0 Å². The zero-order chi connectivity index (χ0) is 21.1. The van der Waals surface area contributed by atoms with Crippen molar-refractivity contribution in [3.63, 3.8) is 0 Å². The summed E-state index contributed by atoms with van der Waals surface area (Å²) in [7, 11) is 6.11. The van der Waals surface area contributed by atoms with Crippen molar-refractivity contribution in [2.75, 3.05) is 28.4 Å². The van der Waals surface area contributed by atoms with E-state index in [2.05, 4.69) is 5.18 Å². The Kier molecular flexibility index (Phi) is 5.91. The Morgan fingerprint density at radius 3 is 2.17 bits per heavy atom. The molecule has 1 atom stereocenters. The van der Waals surface area contributed by atoms with E-state index < -0.39 is 12.0 Å². The summed E-state index contributed by atoms with van der Waals surface area (Å²) in [5.41, 5.74) is 3.02. The first-order valence-corrected chi connectivity index (χ1v) is 9.04. The number of methoxy groups -OCH3 is 4. The predicted octanol–water partition coefficient (Wildman–Crippen LogP) is 4.07. The molecule has 8 heteroatoms. The molecule has 3 rings (SSSR count). The minimum Gasteiger partial charge on any atom is -0.493 e. The normalized spacial score (nSPS) is 14.7. The second kappa shape index (κ2) is 8.38. The molecule has 0 radical (unpaired) electrons. The molecule has 0 aromatic heterocycles. The number of carbonyl (C=O) groups is 1. The summed E-state index contributed by atoms with van der Waals surface area (Å²) in [5, 5.41) is 3.31. The molecule has 29 heavy (non-hydrogen) atoms. The third-order valence-corrected chi connectivity index (χ3v) is 4.94. The average Bonchev–Trinajstić information content (AvgIpc) is 2.87. The molecule has 1 aliphatic carbocycles. The van der Waals surface area contributed by atoms with Gasteiger partial charge >= 0.3 is 5.97 Å². The second-order valence-corrected chi connectivity index (χ2v) is 6.52. The molecule has 0 amide bonds. The van der Waals surface area contributed by atoms with Crippen LogP contribution in [0.5, 0.6) is 28.7 Å². The molecule has 8 nitrogen and oxygen atoms in total. The van der Waals surface area contributed by atoms with Gasteiger partial charge in [0.1, 0.15) is 6.04 Å². The van der Waals surface area contributed by atoms with Gasteiger partial charge in [-0.2, -0.15) is 4.91 Å². The van der Waals surface area contributed by atoms with E-state index in [4.69, 9.17) is 23.7 Å². The van der Waals surface area contributed by atoms with E-state index in [-0.39, 0.29) is 5.75 Å². The van der Waals surface area contributed by atoms with E-state index in [9.17, 15) is 9.70 Å². The van der Waals surface area contributed by atoms with Gasteiger partial charge in [0.05, 0.1) is 28.4 Å². The minimum absolute atomic E-state index is 0.232. The Bertz CT molecular complexity index is 955. The Balaban J connectivity index is 2.38. The van der Waals surface area contributed by atoms with Crippen LogP contribution in [0.15, 0.2) is 23.4 Å². The van der Waals surface area contributed by atoms with Crippen LogP contribution >= 0.6 is 0 Å². The molecule has 2 aromatic carbocycles. The van der Waals surface area contributed by atoms with Gasteiger partial charge in [0.2, 0.25) is 5.75 Å². The number of esters is 1. The fraction of sp³-hybridized carbons (Fsp3) is 0.381. The summed E-state index contributed by atoms with van der Waals surface area (Å²) < 4.78 is 27.4. The zero-order valence-electron chi connectivity index (χ0n) is 17.0. The summed E-state index contributed by atoms with van der Waals surface area (Å²) in [4.78, 5) is 23.2. The lowest BCUT2D eigenvalue weighted by molar-refractivity contribution is -0.132. The van der Waals surface area contributed by atoms with Crippen LogP contribution in [0.4, 0.5) is 0 Å². The number of carbonyl (C=O) groups excluding carboxylic acids is 1. The Morgan fingerprint density at radius 2 is 1.62 bits per heavy atom. The standard InChI is InChI=1S/C21H23NO7/c1-11(23)29-17-9-13-14(10-16(17)25-2)19-12(6-7-15(13)22-24)8-18(26-3)20(27-4)21(19)28-5/h8-10,15H,6-7H2,1-5H3. The van der Waals surface area contributed by atoms with Gasteiger partial charge < -0.3 is 23.7 Å². The molecule has 0 saturated heterocycles. The Hall–Kier alpha value is -3.29. The van der Waals surface area contributed by atoms with Crippen molar-refractivity contribution in [2.45, 2.75) is 25.8 Å². The van der Waals surface area contributed by atoms with Crippen molar-refractivity contribution >= 4 is 5.97 Å². The van der Waals surface area contributed by atoms with E-state index in [0.717, 1.165) is 11.1 Å². The quantitative estimate of drug-likeness (QED) is 0.409. The molecule has 0 N–H and O–H groups in total. The van der Waals surface area contributed by atoms with Crippen LogP contribution in [0, 0.1) is 4.91 Å². The molecular weight excluding hydrogens is 378 g/mol. The van der Waals surface area contributed by atoms with Crippen LogP contribution in [-0.4, -0.2) is 34.4 Å². The highest BCUT2D eigenvalue weighted by Crippen LogP contribution is 2.52. The average molecular weight is 401 g/mol. The SMILES string of the molecule is COc1cc2c(cc1OC(C)=O)C(N=O)CCc1cc(OC)c(OC)c(OC)c1-2. The second-order valence-electron chi connectivity index (χ2n) is 6.52. The van der Waals surface area contributed by atoms with Crippen molar-refractivity contribution in [1.29, 1.82) is 0 Å². The lowest BCUT2D eigenvalue weighted by atomic mass is 9.93. The lowest BCUT2D eigenvalue weighted by Gasteiger charge is -2.21. The van der Waals surface area contributed by atoms with E-state index >= 15 is 0 Å². The first-order valence-electron chi connectivity index (χ1n) is 9.04. The molecule has 154 valence electrons. The van der Waals surface area contributed by atoms with Crippen LogP contribution in [0.3, 0.4) is 0 Å². The number of ether oxygens (including phenoxy) is 5. The number of hydrogen-bond donors (Lipinski definition) is 0. The minimum atomic E-state index is -0.626. The molecule has 0 heterocycles. The lowest BCUT2D eigenvalue weighted by Crippen LogP contribution is -2.06. The first-order chi connectivity index (χ1) is 14.0. The number of nitrogens with zero attached hydrogens (tertiary/aromatic N) is 1. The highest BCUT2D eigenvalue weighted by molar-refractivity contribution is 5.84. The maximum atomic E-state index is 11.6. The monoisotopic (exact) mass is 401 g/mol. The maximum absolute atomic E-state index is 11.6. The highest BCUT2D eigenvalue weighted by Gasteiger charge is 2.31. The number of rotatable bonds is 6. The zero-order valence-corrected chi connectivity index (χ0v) is 17.0. The summed E-state index contributed by atoms with van der Waals surface area (Å²) in [6.45, 7) is 1.30. The van der Waals surface area contributed by atoms with Gasteiger partial charge in [-0.3, -0.25) is 4.79 Å². The smallest absolute Gasteiger partial charge is 0.308 e. The summed E-state index contributed by atoms with van der Waals surface area (Å²) in [6.07, 6.45) is 1.05. The fourth-order valence-corrected chi connectivity index (χ4v) is 3.72. The van der Waals surface area contributed by atoms with E-state index in [1.54, 1.807) is 26.4 Å². The van der Waals surface area contributed by atoms with E-state index in [1.807, 2.05) is 6.07 Å². The van der Waals surface area contributed by atoms with Crippen LogP contribution < -0.4 is 23.7 Å². The van der Waals surface area contributed by atoms with Crippen LogP contribution in [0.2, 0.25) is 0 Å². The van der Waals surface area contributed by atoms with Gasteiger partial charge in [-0.15, -0.1) is 0 Å². The topological polar surface area (TPSA) is 92.7 Å². The Morgan fingerprint density at radius 1 is 0.931 bits per heavy atom. The third-order valence-electron chi connectivity index (χ3n) is 4.94. The van der Waals surface area contributed by atoms with Crippen molar-refractivity contribution in [3.05, 3.63) is 34.2 Å². The highest BCUT2D eigenvalue weighted by atomic mass is 16.6. The summed E-state index contributed by atoms with van der Waals surface area (Å²) in [5.74, 6) is 1.56. The number of nitroso groups, excluding NO2 is 1.